The molecule has 0 aromatic carbocycles. The molecular formula is C10H14F3NO4. The van der Waals surface area contributed by atoms with Crippen molar-refractivity contribution in [3.05, 3.63) is 0 Å². The van der Waals surface area contributed by atoms with Crippen LogP contribution in [0.25, 0.3) is 0 Å². The van der Waals surface area contributed by atoms with E-state index in [1.165, 1.54) is 0 Å². The minimum Gasteiger partial charge on any atom is -0.480 e. The van der Waals surface area contributed by atoms with Gasteiger partial charge in [0.1, 0.15) is 6.61 Å². The van der Waals surface area contributed by atoms with Gasteiger partial charge in [0.2, 0.25) is 0 Å². The Labute approximate surface area is 102 Å². The molecule has 1 aliphatic heterocycles. The number of aliphatic carboxylic acids is 1. The van der Waals surface area contributed by atoms with Gasteiger partial charge >= 0.3 is 18.1 Å². The Morgan fingerprint density at radius 2 is 2.06 bits per heavy atom. The Hall–Kier alpha value is -1.31. The van der Waals surface area contributed by atoms with Gasteiger partial charge < -0.3 is 14.7 Å². The number of hydrogen-bond acceptors (Lipinski definition) is 3. The molecular weight excluding hydrogens is 255 g/mol. The molecule has 1 unspecified atom stereocenters. The van der Waals surface area contributed by atoms with Crippen LogP contribution in [0.4, 0.5) is 13.2 Å². The van der Waals surface area contributed by atoms with E-state index in [9.17, 15) is 22.8 Å². The Morgan fingerprint density at radius 1 is 1.39 bits per heavy atom. The van der Waals surface area contributed by atoms with Gasteiger partial charge in [-0.2, -0.15) is 13.2 Å². The maximum Gasteiger partial charge on any atom is 0.471 e. The molecule has 0 spiro atoms. The van der Waals surface area contributed by atoms with Crippen LogP contribution in [-0.4, -0.2) is 54.4 Å². The zero-order valence-electron chi connectivity index (χ0n) is 9.57. The number of ether oxygens (including phenoxy) is 1. The first-order valence-electron chi connectivity index (χ1n) is 5.46. The number of likely N-dealkylation sites (tertiary alicyclic amines) is 1. The van der Waals surface area contributed by atoms with Crippen LogP contribution in [0, 0.1) is 5.92 Å². The molecule has 0 bridgehead atoms. The van der Waals surface area contributed by atoms with Crippen molar-refractivity contribution in [2.45, 2.75) is 19.0 Å². The molecule has 1 fully saturated rings. The highest BCUT2D eigenvalue weighted by Gasteiger charge is 2.43. The molecule has 1 rings (SSSR count). The SMILES string of the molecule is O=C(O)COCC1CCCN(C(=O)C(F)(F)F)C1. The van der Waals surface area contributed by atoms with Crippen molar-refractivity contribution in [1.82, 2.24) is 4.90 Å². The van der Waals surface area contributed by atoms with E-state index in [4.69, 9.17) is 9.84 Å². The fourth-order valence-electron chi connectivity index (χ4n) is 1.88. The van der Waals surface area contributed by atoms with Crippen LogP contribution in [-0.2, 0) is 14.3 Å². The number of carbonyl (C=O) groups excluding carboxylic acids is 1. The summed E-state index contributed by atoms with van der Waals surface area (Å²) in [6.45, 7) is -0.399. The molecule has 0 aromatic rings. The van der Waals surface area contributed by atoms with E-state index in [2.05, 4.69) is 0 Å². The average molecular weight is 269 g/mol. The second-order valence-electron chi connectivity index (χ2n) is 4.17. The van der Waals surface area contributed by atoms with Gasteiger partial charge in [0, 0.05) is 13.1 Å². The maximum absolute atomic E-state index is 12.2. The van der Waals surface area contributed by atoms with Crippen LogP contribution in [0.1, 0.15) is 12.8 Å². The second-order valence-corrected chi connectivity index (χ2v) is 4.17. The summed E-state index contributed by atoms with van der Waals surface area (Å²) in [5, 5.41) is 8.35. The summed E-state index contributed by atoms with van der Waals surface area (Å²) in [6.07, 6.45) is -3.77. The van der Waals surface area contributed by atoms with Crippen molar-refractivity contribution < 1.29 is 32.6 Å². The monoisotopic (exact) mass is 269 g/mol. The lowest BCUT2D eigenvalue weighted by molar-refractivity contribution is -0.187. The molecule has 1 amide bonds. The fourth-order valence-corrected chi connectivity index (χ4v) is 1.88. The molecule has 1 N–H and O–H groups in total. The number of hydrogen-bond donors (Lipinski definition) is 1. The number of carboxylic acids is 1. The predicted molar refractivity (Wildman–Crippen MR) is 53.8 cm³/mol. The maximum atomic E-state index is 12.2. The molecule has 1 saturated heterocycles. The van der Waals surface area contributed by atoms with E-state index in [-0.39, 0.29) is 25.6 Å². The third kappa shape index (κ3) is 4.52. The molecule has 0 aromatic heterocycles. The minimum atomic E-state index is -4.86. The highest BCUT2D eigenvalue weighted by atomic mass is 19.4. The summed E-state index contributed by atoms with van der Waals surface area (Å²) >= 11 is 0. The molecule has 104 valence electrons. The van der Waals surface area contributed by atoms with Crippen LogP contribution in [0.5, 0.6) is 0 Å². The van der Waals surface area contributed by atoms with Crippen LogP contribution in [0.15, 0.2) is 0 Å². The molecule has 1 heterocycles. The number of carboxylic acid groups (broad SMARTS) is 1. The standard InChI is InChI=1S/C10H14F3NO4/c11-10(12,13)9(17)14-3-1-2-7(4-14)5-18-6-8(15)16/h7H,1-6H2,(H,15,16). The van der Waals surface area contributed by atoms with Gasteiger partial charge in [-0.05, 0) is 18.8 Å². The van der Waals surface area contributed by atoms with Gasteiger partial charge in [-0.25, -0.2) is 4.79 Å². The summed E-state index contributed by atoms with van der Waals surface area (Å²) in [6, 6.07) is 0. The Morgan fingerprint density at radius 3 is 2.61 bits per heavy atom. The largest absolute Gasteiger partial charge is 0.480 e. The number of piperidine rings is 1. The summed E-state index contributed by atoms with van der Waals surface area (Å²) < 4.78 is 41.5. The highest BCUT2D eigenvalue weighted by molar-refractivity contribution is 5.81. The van der Waals surface area contributed by atoms with Crippen LogP contribution in [0.3, 0.4) is 0 Å². The summed E-state index contributed by atoms with van der Waals surface area (Å²) in [4.78, 5) is 22.0. The first-order valence-corrected chi connectivity index (χ1v) is 5.46. The van der Waals surface area contributed by atoms with Crippen LogP contribution >= 0.6 is 0 Å². The number of alkyl halides is 3. The van der Waals surface area contributed by atoms with E-state index in [1.807, 2.05) is 0 Å². The van der Waals surface area contributed by atoms with Gasteiger partial charge in [-0.1, -0.05) is 0 Å². The predicted octanol–water partition coefficient (Wildman–Crippen LogP) is 0.889. The van der Waals surface area contributed by atoms with Crippen molar-refractivity contribution >= 4 is 11.9 Å². The third-order valence-electron chi connectivity index (χ3n) is 2.63. The smallest absolute Gasteiger partial charge is 0.471 e. The molecule has 0 aliphatic carbocycles. The van der Waals surface area contributed by atoms with Gasteiger partial charge in [-0.3, -0.25) is 4.79 Å². The number of nitrogens with zero attached hydrogens (tertiary/aromatic N) is 1. The van der Waals surface area contributed by atoms with Crippen LogP contribution in [0.2, 0.25) is 0 Å². The summed E-state index contributed by atoms with van der Waals surface area (Å²) in [5.41, 5.74) is 0. The first kappa shape index (κ1) is 14.7. The van der Waals surface area contributed by atoms with Crippen molar-refractivity contribution in [3.8, 4) is 0 Å². The van der Waals surface area contributed by atoms with E-state index >= 15 is 0 Å². The normalized spacial score (nSPS) is 20.8. The van der Waals surface area contributed by atoms with Gasteiger partial charge in [0.15, 0.2) is 0 Å². The molecule has 8 heteroatoms. The highest BCUT2D eigenvalue weighted by Crippen LogP contribution is 2.23. The number of halogens is 3. The van der Waals surface area contributed by atoms with Gasteiger partial charge in [0.05, 0.1) is 6.61 Å². The zero-order chi connectivity index (χ0) is 13.8. The zero-order valence-corrected chi connectivity index (χ0v) is 9.57. The first-order chi connectivity index (χ1) is 8.30. The Kier molecular flexibility index (Phi) is 4.94. The molecule has 0 radical (unpaired) electrons. The quantitative estimate of drug-likeness (QED) is 0.823. The third-order valence-corrected chi connectivity index (χ3v) is 2.63. The van der Waals surface area contributed by atoms with Gasteiger partial charge in [0.25, 0.3) is 0 Å². The number of carbonyl (C=O) groups is 2. The van der Waals surface area contributed by atoms with E-state index < -0.39 is 24.7 Å². The number of amides is 1. The summed E-state index contributed by atoms with van der Waals surface area (Å²) in [5.74, 6) is -3.22. The van der Waals surface area contributed by atoms with E-state index in [0.29, 0.717) is 12.8 Å². The van der Waals surface area contributed by atoms with Crippen molar-refractivity contribution in [3.63, 3.8) is 0 Å². The van der Waals surface area contributed by atoms with Gasteiger partial charge in [-0.15, -0.1) is 0 Å². The van der Waals surface area contributed by atoms with Crippen molar-refractivity contribution in [2.75, 3.05) is 26.3 Å². The lowest BCUT2D eigenvalue weighted by Crippen LogP contribution is -2.47. The summed E-state index contributed by atoms with van der Waals surface area (Å²) in [7, 11) is 0. The molecule has 18 heavy (non-hydrogen) atoms. The van der Waals surface area contributed by atoms with Crippen molar-refractivity contribution in [2.24, 2.45) is 5.92 Å². The lowest BCUT2D eigenvalue weighted by atomic mass is 9.99. The van der Waals surface area contributed by atoms with Crippen molar-refractivity contribution in [1.29, 1.82) is 0 Å². The molecule has 0 saturated carbocycles. The van der Waals surface area contributed by atoms with E-state index in [1.54, 1.807) is 0 Å². The second kappa shape index (κ2) is 6.03. The average Bonchev–Trinajstić information content (AvgIpc) is 2.26. The Balaban J connectivity index is 2.41. The lowest BCUT2D eigenvalue weighted by Gasteiger charge is -2.32. The molecule has 5 nitrogen and oxygen atoms in total. The fraction of sp³-hybridized carbons (Fsp3) is 0.800. The van der Waals surface area contributed by atoms with E-state index in [0.717, 1.165) is 4.90 Å². The topological polar surface area (TPSA) is 66.8 Å². The van der Waals surface area contributed by atoms with Crippen LogP contribution < -0.4 is 0 Å². The minimum absolute atomic E-state index is 0.0437. The Bertz CT molecular complexity index is 319. The number of rotatable bonds is 4. The molecule has 1 atom stereocenters. The molecule has 1 aliphatic rings.